The molecule has 0 saturated carbocycles. The van der Waals surface area contributed by atoms with Gasteiger partial charge < -0.3 is 6.46 Å². The molecule has 0 aromatic heterocycles. The lowest BCUT2D eigenvalue weighted by Crippen LogP contribution is -2.46. The summed E-state index contributed by atoms with van der Waals surface area (Å²) in [5.74, 6) is 0. The summed E-state index contributed by atoms with van der Waals surface area (Å²) in [5.41, 5.74) is 0. The first kappa shape index (κ1) is 9.50. The lowest BCUT2D eigenvalue weighted by atomic mass is 10.7. The quantitative estimate of drug-likeness (QED) is 0.540. The highest BCUT2D eigenvalue weighted by Crippen LogP contribution is 2.07. The van der Waals surface area contributed by atoms with Crippen LogP contribution in [0.25, 0.3) is 0 Å². The molecule has 0 N–H and O–H groups in total. The molecule has 0 aliphatic rings. The van der Waals surface area contributed by atoms with Crippen LogP contribution in [0.15, 0.2) is 0 Å². The van der Waals surface area contributed by atoms with Gasteiger partial charge in [-0.05, 0) is 0 Å². The standard InChI is InChI=1S/C6H18BSi2/c1-8(2,3)7-9(4,5)6/h1-6H3/q-1. The maximum Gasteiger partial charge on any atom is -0.104 e. The summed E-state index contributed by atoms with van der Waals surface area (Å²) >= 11 is 0. The highest BCUT2D eigenvalue weighted by Gasteiger charge is 2.06. The maximum absolute atomic E-state index is 2.65. The second kappa shape index (κ2) is 2.62. The van der Waals surface area contributed by atoms with E-state index in [4.69, 9.17) is 0 Å². The van der Waals surface area contributed by atoms with Crippen molar-refractivity contribution in [1.29, 1.82) is 0 Å². The molecule has 2 radical (unpaired) electrons. The Labute approximate surface area is 62.2 Å². The zero-order chi connectivity index (χ0) is 7.71. The van der Waals surface area contributed by atoms with Crippen LogP contribution in [0.3, 0.4) is 0 Å². The van der Waals surface area contributed by atoms with Crippen molar-refractivity contribution in [1.82, 2.24) is 0 Å². The third kappa shape index (κ3) is 8.50. The molecule has 0 saturated heterocycles. The summed E-state index contributed by atoms with van der Waals surface area (Å²) in [6.45, 7) is 17.1. The minimum atomic E-state index is -0.856. The topological polar surface area (TPSA) is 0 Å². The minimum Gasteiger partial charge on any atom is -0.331 e. The van der Waals surface area contributed by atoms with Crippen LogP contribution in [0.4, 0.5) is 0 Å². The predicted octanol–water partition coefficient (Wildman–Crippen LogP) is 2.36. The van der Waals surface area contributed by atoms with E-state index in [2.05, 4.69) is 45.7 Å². The van der Waals surface area contributed by atoms with E-state index in [0.29, 0.717) is 0 Å². The summed E-state index contributed by atoms with van der Waals surface area (Å²) < 4.78 is 0. The van der Waals surface area contributed by atoms with Crippen LogP contribution in [0, 0.1) is 0 Å². The second-order valence-corrected chi connectivity index (χ2v) is 15.5. The lowest BCUT2D eigenvalue weighted by Gasteiger charge is -2.42. The van der Waals surface area contributed by atoms with Gasteiger partial charge in [0.15, 0.2) is 0 Å². The molecule has 9 heavy (non-hydrogen) atoms. The fraction of sp³-hybridized carbons (Fsp3) is 1.00. The number of hydrogen-bond acceptors (Lipinski definition) is 0. The molecular formula is C6H18BSi2-. The molecule has 0 heterocycles. The van der Waals surface area contributed by atoms with Gasteiger partial charge in [0, 0.05) is 0 Å². The minimum absolute atomic E-state index is 0.856. The molecule has 0 aromatic rings. The van der Waals surface area contributed by atoms with Crippen molar-refractivity contribution in [3.8, 4) is 0 Å². The molecule has 0 spiro atoms. The molecule has 0 fully saturated rings. The third-order valence-corrected chi connectivity index (χ3v) is 7.79. The number of hydrogen-bond donors (Lipinski definition) is 0. The van der Waals surface area contributed by atoms with Crippen LogP contribution in [-0.2, 0) is 0 Å². The Morgan fingerprint density at radius 3 is 0.889 bits per heavy atom. The van der Waals surface area contributed by atoms with E-state index < -0.39 is 15.9 Å². The fourth-order valence-corrected chi connectivity index (χ4v) is 11.7. The largest absolute Gasteiger partial charge is 0.331 e. The normalized spacial score (nSPS) is 14.0. The third-order valence-electron chi connectivity index (χ3n) is 0.866. The van der Waals surface area contributed by atoms with Crippen LogP contribution >= 0.6 is 0 Å². The van der Waals surface area contributed by atoms with Crippen LogP contribution in [0.5, 0.6) is 0 Å². The van der Waals surface area contributed by atoms with Crippen LogP contribution in [0.2, 0.25) is 39.3 Å². The van der Waals surface area contributed by atoms with Gasteiger partial charge in [-0.1, -0.05) is 0 Å². The van der Waals surface area contributed by atoms with Crippen molar-refractivity contribution in [3.05, 3.63) is 0 Å². The molecule has 0 bridgehead atoms. The molecule has 0 unspecified atom stereocenters. The smallest absolute Gasteiger partial charge is 0.104 e. The van der Waals surface area contributed by atoms with Gasteiger partial charge in [0.05, 0.1) is 0 Å². The van der Waals surface area contributed by atoms with Crippen molar-refractivity contribution >= 4 is 22.4 Å². The van der Waals surface area contributed by atoms with E-state index in [9.17, 15) is 0 Å². The Bertz CT molecular complexity index is 76.2. The molecule has 3 heteroatoms. The van der Waals surface area contributed by atoms with E-state index in [0.717, 1.165) is 0 Å². The highest BCUT2D eigenvalue weighted by molar-refractivity contribution is 7.52. The molecule has 0 aliphatic carbocycles. The Kier molecular flexibility index (Phi) is 2.77. The zero-order valence-corrected chi connectivity index (χ0v) is 9.58. The summed E-state index contributed by atoms with van der Waals surface area (Å²) in [7, 11) is -1.71. The fourth-order valence-electron chi connectivity index (χ4n) is 1.30. The summed E-state index contributed by atoms with van der Waals surface area (Å²) in [6, 6.07) is 0. The van der Waals surface area contributed by atoms with Gasteiger partial charge in [0.25, 0.3) is 0 Å². The van der Waals surface area contributed by atoms with E-state index >= 15 is 0 Å². The zero-order valence-electron chi connectivity index (χ0n) is 7.58. The average Bonchev–Trinajstić information content (AvgIpc) is 1.14. The first-order chi connectivity index (χ1) is 3.71. The van der Waals surface area contributed by atoms with Crippen molar-refractivity contribution in [2.24, 2.45) is 0 Å². The van der Waals surface area contributed by atoms with E-state index in [1.54, 1.807) is 0 Å². The van der Waals surface area contributed by atoms with Gasteiger partial charge in [-0.15, -0.1) is 39.3 Å². The van der Waals surface area contributed by atoms with Gasteiger partial charge in [0.1, 0.15) is 0 Å². The first-order valence-electron chi connectivity index (χ1n) is 3.58. The molecule has 0 nitrogen and oxygen atoms in total. The van der Waals surface area contributed by atoms with E-state index in [-0.39, 0.29) is 0 Å². The average molecular weight is 157 g/mol. The molecule has 0 rings (SSSR count). The van der Waals surface area contributed by atoms with E-state index in [1.165, 1.54) is 0 Å². The highest BCUT2D eigenvalue weighted by atomic mass is 28.4. The van der Waals surface area contributed by atoms with Gasteiger partial charge in [-0.2, -0.15) is 15.9 Å². The first-order valence-corrected chi connectivity index (χ1v) is 10.7. The molecule has 54 valence electrons. The van der Waals surface area contributed by atoms with Gasteiger partial charge in [-0.3, -0.25) is 0 Å². The Morgan fingerprint density at radius 1 is 0.667 bits per heavy atom. The SMILES string of the molecule is C[Si](C)(C)[B-][Si](C)(C)C. The van der Waals surface area contributed by atoms with Crippen LogP contribution in [-0.4, -0.2) is 22.4 Å². The van der Waals surface area contributed by atoms with Crippen molar-refractivity contribution < 1.29 is 0 Å². The lowest BCUT2D eigenvalue weighted by molar-refractivity contribution is 1.82. The summed E-state index contributed by atoms with van der Waals surface area (Å²) in [6.07, 6.45) is 0. The second-order valence-electron chi connectivity index (χ2n) is 4.88. The van der Waals surface area contributed by atoms with Crippen LogP contribution in [0.1, 0.15) is 0 Å². The molecule has 0 aromatic carbocycles. The van der Waals surface area contributed by atoms with Gasteiger partial charge in [-0.25, -0.2) is 0 Å². The summed E-state index contributed by atoms with van der Waals surface area (Å²) in [4.78, 5) is 0. The summed E-state index contributed by atoms with van der Waals surface area (Å²) in [5, 5.41) is 0. The monoisotopic (exact) mass is 157 g/mol. The predicted molar refractivity (Wildman–Crippen MR) is 52.4 cm³/mol. The van der Waals surface area contributed by atoms with Crippen molar-refractivity contribution in [3.63, 3.8) is 0 Å². The van der Waals surface area contributed by atoms with Crippen molar-refractivity contribution in [2.75, 3.05) is 0 Å². The van der Waals surface area contributed by atoms with Crippen molar-refractivity contribution in [2.45, 2.75) is 39.3 Å². The molecule has 0 amide bonds. The molecule has 0 atom stereocenters. The Hall–Kier alpha value is 0.499. The Morgan fingerprint density at radius 2 is 0.889 bits per heavy atom. The maximum atomic E-state index is 2.65. The molecular weight excluding hydrogens is 139 g/mol. The number of rotatable bonds is 2. The van der Waals surface area contributed by atoms with Gasteiger partial charge >= 0.3 is 0 Å². The van der Waals surface area contributed by atoms with Crippen LogP contribution < -0.4 is 0 Å². The van der Waals surface area contributed by atoms with Gasteiger partial charge in [0.2, 0.25) is 0 Å². The Balaban J connectivity index is 3.75. The molecule has 0 aliphatic heterocycles. The van der Waals surface area contributed by atoms with E-state index in [1.807, 2.05) is 0 Å².